The van der Waals surface area contributed by atoms with Crippen molar-refractivity contribution in [3.63, 3.8) is 0 Å². The molecule has 1 aliphatic rings. The van der Waals surface area contributed by atoms with Crippen molar-refractivity contribution in [1.82, 2.24) is 5.32 Å². The highest BCUT2D eigenvalue weighted by atomic mass is 16.3. The van der Waals surface area contributed by atoms with E-state index in [0.717, 1.165) is 32.4 Å². The largest absolute Gasteiger partial charge is 0.390 e. The number of piperidine rings is 1. The summed E-state index contributed by atoms with van der Waals surface area (Å²) in [6.45, 7) is 10.3. The molecule has 0 aliphatic carbocycles. The molecule has 0 spiro atoms. The lowest BCUT2D eigenvalue weighted by atomic mass is 9.85. The second-order valence-corrected chi connectivity index (χ2v) is 4.07. The minimum absolute atomic E-state index is 0.362. The molecule has 0 saturated carbocycles. The molecule has 2 heteroatoms. The lowest BCUT2D eigenvalue weighted by Gasteiger charge is -2.33. The van der Waals surface area contributed by atoms with Crippen LogP contribution in [-0.4, -0.2) is 23.8 Å². The van der Waals surface area contributed by atoms with E-state index in [1.807, 2.05) is 13.8 Å². The van der Waals surface area contributed by atoms with E-state index in [-0.39, 0.29) is 5.60 Å². The number of nitrogens with one attached hydrogen (secondary N) is 1. The normalized spacial score (nSPS) is 20.8. The molecule has 2 N–H and O–H groups in total. The fourth-order valence-electron chi connectivity index (χ4n) is 1.86. The molecule has 13 heavy (non-hydrogen) atoms. The predicted molar refractivity (Wildman–Crippen MR) is 57.9 cm³/mol. The molecule has 1 heterocycles. The molecule has 0 aromatic heterocycles. The topological polar surface area (TPSA) is 32.3 Å². The van der Waals surface area contributed by atoms with Crippen molar-refractivity contribution in [2.45, 2.75) is 52.6 Å². The predicted octanol–water partition coefficient (Wildman–Crippen LogP) is 2.17. The van der Waals surface area contributed by atoms with Gasteiger partial charge in [0.15, 0.2) is 0 Å². The maximum Gasteiger partial charge on any atom is 0.0674 e. The van der Waals surface area contributed by atoms with Crippen LogP contribution in [0.5, 0.6) is 0 Å². The molecule has 1 saturated heterocycles. The maximum absolute atomic E-state index is 10.0. The molecule has 1 rings (SSSR count). The van der Waals surface area contributed by atoms with Crippen molar-refractivity contribution >= 4 is 0 Å². The molecular weight excluding hydrogens is 162 g/mol. The van der Waals surface area contributed by atoms with Crippen LogP contribution in [0, 0.1) is 5.92 Å². The molecule has 0 unspecified atom stereocenters. The summed E-state index contributed by atoms with van der Waals surface area (Å²) >= 11 is 0. The third-order valence-electron chi connectivity index (χ3n) is 2.32. The number of aliphatic hydroxyl groups is 1. The Hall–Kier alpha value is -0.0800. The van der Waals surface area contributed by atoms with Gasteiger partial charge in [0.1, 0.15) is 0 Å². The van der Waals surface area contributed by atoms with Crippen molar-refractivity contribution in [2.75, 3.05) is 13.1 Å². The zero-order chi connectivity index (χ0) is 10.3. The van der Waals surface area contributed by atoms with E-state index >= 15 is 0 Å². The van der Waals surface area contributed by atoms with Crippen LogP contribution < -0.4 is 5.32 Å². The van der Waals surface area contributed by atoms with Gasteiger partial charge >= 0.3 is 0 Å². The maximum atomic E-state index is 10.0. The van der Waals surface area contributed by atoms with E-state index in [4.69, 9.17) is 0 Å². The van der Waals surface area contributed by atoms with Gasteiger partial charge in [0, 0.05) is 0 Å². The van der Waals surface area contributed by atoms with Gasteiger partial charge < -0.3 is 10.4 Å². The van der Waals surface area contributed by atoms with E-state index in [2.05, 4.69) is 19.2 Å². The molecule has 0 bridgehead atoms. The zero-order valence-electron chi connectivity index (χ0n) is 9.56. The fourth-order valence-corrected chi connectivity index (χ4v) is 1.86. The highest BCUT2D eigenvalue weighted by molar-refractivity contribution is 4.84. The Bertz CT molecular complexity index is 117. The molecule has 0 amide bonds. The molecule has 2 nitrogen and oxygen atoms in total. The van der Waals surface area contributed by atoms with Crippen LogP contribution >= 0.6 is 0 Å². The Balaban J connectivity index is 0.000000671. The Morgan fingerprint density at radius 1 is 1.23 bits per heavy atom. The molecule has 0 radical (unpaired) electrons. The first-order valence-electron chi connectivity index (χ1n) is 5.55. The monoisotopic (exact) mass is 187 g/mol. The summed E-state index contributed by atoms with van der Waals surface area (Å²) in [6.07, 6.45) is 2.80. The van der Waals surface area contributed by atoms with Crippen LogP contribution in [0.15, 0.2) is 0 Å². The first-order chi connectivity index (χ1) is 6.12. The van der Waals surface area contributed by atoms with Crippen LogP contribution in [0.3, 0.4) is 0 Å². The fraction of sp³-hybridized carbons (Fsp3) is 1.00. The van der Waals surface area contributed by atoms with Gasteiger partial charge in [0.2, 0.25) is 0 Å². The van der Waals surface area contributed by atoms with E-state index in [1.54, 1.807) is 0 Å². The Kier molecular flexibility index (Phi) is 6.35. The SMILES string of the molecule is CC.CC(C)CC1(O)CCNCC1. The molecule has 1 aliphatic heterocycles. The smallest absolute Gasteiger partial charge is 0.0674 e. The molecule has 0 aromatic carbocycles. The Labute approximate surface area is 82.7 Å². The lowest BCUT2D eigenvalue weighted by molar-refractivity contribution is -0.00786. The Morgan fingerprint density at radius 2 is 1.69 bits per heavy atom. The number of hydrogen-bond donors (Lipinski definition) is 2. The average Bonchev–Trinajstić information content (AvgIpc) is 2.07. The second-order valence-electron chi connectivity index (χ2n) is 4.07. The van der Waals surface area contributed by atoms with Crippen molar-refractivity contribution in [2.24, 2.45) is 5.92 Å². The summed E-state index contributed by atoms with van der Waals surface area (Å²) in [5.74, 6) is 0.609. The summed E-state index contributed by atoms with van der Waals surface area (Å²) in [7, 11) is 0. The van der Waals surface area contributed by atoms with Gasteiger partial charge in [-0.15, -0.1) is 0 Å². The van der Waals surface area contributed by atoms with Gasteiger partial charge in [-0.1, -0.05) is 27.7 Å². The van der Waals surface area contributed by atoms with Crippen LogP contribution in [-0.2, 0) is 0 Å². The highest BCUT2D eigenvalue weighted by Crippen LogP contribution is 2.25. The Morgan fingerprint density at radius 3 is 2.08 bits per heavy atom. The summed E-state index contributed by atoms with van der Waals surface area (Å²) in [6, 6.07) is 0. The highest BCUT2D eigenvalue weighted by Gasteiger charge is 2.29. The molecule has 1 fully saturated rings. The standard InChI is InChI=1S/C9H19NO.C2H6/c1-8(2)7-9(11)3-5-10-6-4-9;1-2/h8,10-11H,3-7H2,1-2H3;1-2H3. The van der Waals surface area contributed by atoms with Gasteiger partial charge in [0.05, 0.1) is 5.60 Å². The summed E-state index contributed by atoms with van der Waals surface area (Å²) in [5, 5.41) is 13.3. The van der Waals surface area contributed by atoms with E-state index in [0.29, 0.717) is 5.92 Å². The summed E-state index contributed by atoms with van der Waals surface area (Å²) in [4.78, 5) is 0. The number of hydrogen-bond acceptors (Lipinski definition) is 2. The van der Waals surface area contributed by atoms with Gasteiger partial charge in [-0.3, -0.25) is 0 Å². The molecule has 0 atom stereocenters. The average molecular weight is 187 g/mol. The van der Waals surface area contributed by atoms with Crippen LogP contribution in [0.1, 0.15) is 47.0 Å². The second kappa shape index (κ2) is 6.39. The van der Waals surface area contributed by atoms with Crippen LogP contribution in [0.25, 0.3) is 0 Å². The van der Waals surface area contributed by atoms with Crippen molar-refractivity contribution in [3.8, 4) is 0 Å². The van der Waals surface area contributed by atoms with Gasteiger partial charge in [-0.05, 0) is 38.3 Å². The zero-order valence-corrected chi connectivity index (χ0v) is 9.56. The first-order valence-corrected chi connectivity index (χ1v) is 5.55. The van der Waals surface area contributed by atoms with Gasteiger partial charge in [0.25, 0.3) is 0 Å². The quantitative estimate of drug-likeness (QED) is 0.694. The third-order valence-corrected chi connectivity index (χ3v) is 2.32. The van der Waals surface area contributed by atoms with Gasteiger partial charge in [-0.25, -0.2) is 0 Å². The van der Waals surface area contributed by atoms with Crippen molar-refractivity contribution in [3.05, 3.63) is 0 Å². The first kappa shape index (κ1) is 12.9. The number of rotatable bonds is 2. The van der Waals surface area contributed by atoms with Crippen molar-refractivity contribution in [1.29, 1.82) is 0 Å². The molecule has 80 valence electrons. The minimum atomic E-state index is -0.362. The molecule has 0 aromatic rings. The summed E-state index contributed by atoms with van der Waals surface area (Å²) < 4.78 is 0. The summed E-state index contributed by atoms with van der Waals surface area (Å²) in [5.41, 5.74) is -0.362. The van der Waals surface area contributed by atoms with Crippen LogP contribution in [0.4, 0.5) is 0 Å². The van der Waals surface area contributed by atoms with Crippen molar-refractivity contribution < 1.29 is 5.11 Å². The van der Waals surface area contributed by atoms with E-state index in [1.165, 1.54) is 0 Å². The third kappa shape index (κ3) is 5.27. The van der Waals surface area contributed by atoms with E-state index in [9.17, 15) is 5.11 Å². The minimum Gasteiger partial charge on any atom is -0.390 e. The van der Waals surface area contributed by atoms with Gasteiger partial charge in [-0.2, -0.15) is 0 Å². The molecular formula is C11H25NO. The van der Waals surface area contributed by atoms with Crippen LogP contribution in [0.2, 0.25) is 0 Å². The lowest BCUT2D eigenvalue weighted by Crippen LogP contribution is -2.42. The van der Waals surface area contributed by atoms with E-state index < -0.39 is 0 Å².